The molecule has 1 rings (SSSR count). The van der Waals surface area contributed by atoms with Gasteiger partial charge in [-0.3, -0.25) is 10.2 Å². The molecule has 0 saturated heterocycles. The van der Waals surface area contributed by atoms with Crippen LogP contribution in [-0.4, -0.2) is 17.2 Å². The van der Waals surface area contributed by atoms with E-state index in [-0.39, 0.29) is 11.0 Å². The second-order valence-electron chi connectivity index (χ2n) is 2.59. The van der Waals surface area contributed by atoms with Crippen molar-refractivity contribution in [3.05, 3.63) is 30.3 Å². The molecule has 0 atom stereocenters. The Balaban J connectivity index is 2.43. The minimum absolute atomic E-state index is 0.0127. The maximum Gasteiger partial charge on any atom is 0.268 e. The molecule has 15 heavy (non-hydrogen) atoms. The summed E-state index contributed by atoms with van der Waals surface area (Å²) in [4.78, 5) is 11.2. The minimum Gasteiger partial charge on any atom is -0.375 e. The Bertz CT molecular complexity index is 377. The molecule has 1 aromatic carbocycles. The van der Waals surface area contributed by atoms with Gasteiger partial charge in [0.05, 0.1) is 0 Å². The van der Waals surface area contributed by atoms with Crippen LogP contribution in [0.4, 0.5) is 5.69 Å². The Kier molecular flexibility index (Phi) is 4.24. The van der Waals surface area contributed by atoms with Crippen LogP contribution in [0.15, 0.2) is 35.4 Å². The molecule has 0 aromatic heterocycles. The molecule has 0 aliphatic carbocycles. The lowest BCUT2D eigenvalue weighted by molar-refractivity contribution is -0.110. The third-order valence-electron chi connectivity index (χ3n) is 1.40. The van der Waals surface area contributed by atoms with E-state index in [1.807, 2.05) is 18.2 Å². The molecule has 0 spiro atoms. The molecule has 0 aliphatic heterocycles. The predicted octanol–water partition coefficient (Wildman–Crippen LogP) is 0.444. The molecule has 4 N–H and O–H groups in total. The van der Waals surface area contributed by atoms with Crippen LogP contribution in [0.3, 0.4) is 0 Å². The summed E-state index contributed by atoms with van der Waals surface area (Å²) in [5.41, 5.74) is 8.08. The average Bonchev–Trinajstić information content (AvgIpc) is 2.18. The molecule has 1 amide bonds. The molecule has 5 nitrogen and oxygen atoms in total. The first-order chi connectivity index (χ1) is 7.18. The van der Waals surface area contributed by atoms with Crippen molar-refractivity contribution in [3.63, 3.8) is 0 Å². The summed E-state index contributed by atoms with van der Waals surface area (Å²) in [6.45, 7) is 0. The van der Waals surface area contributed by atoms with Crippen LogP contribution in [0.25, 0.3) is 0 Å². The predicted molar refractivity (Wildman–Crippen MR) is 63.5 cm³/mol. The number of thiocarbonyl (C=S) groups is 1. The van der Waals surface area contributed by atoms with E-state index in [2.05, 4.69) is 28.1 Å². The number of hydrazone groups is 1. The molecular weight excluding hydrogens is 212 g/mol. The number of hydrogen-bond acceptors (Lipinski definition) is 3. The number of nitrogens with two attached hydrogens (primary N) is 1. The number of nitrogens with zero attached hydrogens (tertiary/aromatic N) is 1. The number of para-hydroxylation sites is 1. The lowest BCUT2D eigenvalue weighted by Crippen LogP contribution is -2.25. The summed E-state index contributed by atoms with van der Waals surface area (Å²) in [5, 5.41) is 6.13. The molecule has 0 heterocycles. The number of amides is 1. The molecule has 78 valence electrons. The Labute approximate surface area is 92.4 Å². The SMILES string of the molecule is NC(=S)N/N=C\C(=O)Nc1ccccc1. The Morgan fingerprint density at radius 2 is 2.07 bits per heavy atom. The van der Waals surface area contributed by atoms with E-state index in [0.717, 1.165) is 6.21 Å². The van der Waals surface area contributed by atoms with E-state index >= 15 is 0 Å². The summed E-state index contributed by atoms with van der Waals surface area (Å²) in [6.07, 6.45) is 1.06. The number of rotatable bonds is 3. The molecule has 0 fully saturated rings. The largest absolute Gasteiger partial charge is 0.375 e. The number of carbonyl (C=O) groups is 1. The van der Waals surface area contributed by atoms with Gasteiger partial charge in [0.15, 0.2) is 5.11 Å². The van der Waals surface area contributed by atoms with Crippen molar-refractivity contribution in [2.75, 3.05) is 5.32 Å². The lowest BCUT2D eigenvalue weighted by atomic mass is 10.3. The smallest absolute Gasteiger partial charge is 0.268 e. The first-order valence-electron chi connectivity index (χ1n) is 4.13. The van der Waals surface area contributed by atoms with Gasteiger partial charge < -0.3 is 11.1 Å². The van der Waals surface area contributed by atoms with E-state index in [0.29, 0.717) is 5.69 Å². The van der Waals surface area contributed by atoms with Gasteiger partial charge in [0.2, 0.25) is 0 Å². The van der Waals surface area contributed by atoms with E-state index in [1.54, 1.807) is 12.1 Å². The zero-order chi connectivity index (χ0) is 11.1. The van der Waals surface area contributed by atoms with Crippen LogP contribution in [0.1, 0.15) is 0 Å². The highest BCUT2D eigenvalue weighted by atomic mass is 32.1. The fourth-order valence-electron chi connectivity index (χ4n) is 0.851. The lowest BCUT2D eigenvalue weighted by Gasteiger charge is -2.00. The molecular formula is C9H10N4OS. The maximum absolute atomic E-state index is 11.2. The van der Waals surface area contributed by atoms with Gasteiger partial charge in [-0.1, -0.05) is 18.2 Å². The van der Waals surface area contributed by atoms with Crippen LogP contribution >= 0.6 is 12.2 Å². The van der Waals surface area contributed by atoms with Crippen LogP contribution in [0, 0.1) is 0 Å². The fourth-order valence-corrected chi connectivity index (χ4v) is 0.903. The average molecular weight is 222 g/mol. The molecule has 0 unspecified atom stereocenters. The summed E-state index contributed by atoms with van der Waals surface area (Å²) in [6, 6.07) is 9.04. The van der Waals surface area contributed by atoms with Crippen molar-refractivity contribution >= 4 is 35.1 Å². The molecule has 0 saturated carbocycles. The fraction of sp³-hybridized carbons (Fsp3) is 0. The van der Waals surface area contributed by atoms with Crippen LogP contribution in [-0.2, 0) is 4.79 Å². The van der Waals surface area contributed by atoms with Crippen molar-refractivity contribution in [2.24, 2.45) is 10.8 Å². The molecule has 0 aliphatic rings. The van der Waals surface area contributed by atoms with E-state index in [1.165, 1.54) is 0 Å². The van der Waals surface area contributed by atoms with Gasteiger partial charge in [-0.2, -0.15) is 5.10 Å². The van der Waals surface area contributed by atoms with Gasteiger partial charge in [-0.05, 0) is 24.4 Å². The van der Waals surface area contributed by atoms with Crippen molar-refractivity contribution in [3.8, 4) is 0 Å². The minimum atomic E-state index is -0.357. The van der Waals surface area contributed by atoms with Gasteiger partial charge in [-0.25, -0.2) is 0 Å². The van der Waals surface area contributed by atoms with Crippen LogP contribution in [0.2, 0.25) is 0 Å². The maximum atomic E-state index is 11.2. The molecule has 6 heteroatoms. The number of hydrogen-bond donors (Lipinski definition) is 3. The number of nitrogens with one attached hydrogen (secondary N) is 2. The highest BCUT2D eigenvalue weighted by Crippen LogP contribution is 2.03. The van der Waals surface area contributed by atoms with Crippen molar-refractivity contribution in [1.29, 1.82) is 0 Å². The normalized spacial score (nSPS) is 9.87. The first-order valence-corrected chi connectivity index (χ1v) is 4.54. The number of benzene rings is 1. The summed E-state index contributed by atoms with van der Waals surface area (Å²) >= 11 is 4.50. The third kappa shape index (κ3) is 4.72. The topological polar surface area (TPSA) is 79.5 Å². The Morgan fingerprint density at radius 1 is 1.40 bits per heavy atom. The zero-order valence-corrected chi connectivity index (χ0v) is 8.62. The number of anilines is 1. The highest BCUT2D eigenvalue weighted by Gasteiger charge is 1.96. The second-order valence-corrected chi connectivity index (χ2v) is 3.03. The quantitative estimate of drug-likeness (QED) is 0.394. The van der Waals surface area contributed by atoms with Gasteiger partial charge in [0.1, 0.15) is 6.21 Å². The summed E-state index contributed by atoms with van der Waals surface area (Å²) in [5.74, 6) is -0.357. The van der Waals surface area contributed by atoms with Gasteiger partial charge >= 0.3 is 0 Å². The standard InChI is InChI=1S/C9H10N4OS/c10-9(15)13-11-6-8(14)12-7-4-2-1-3-5-7/h1-6H,(H,12,14)(H3,10,13,15)/b11-6-. The summed E-state index contributed by atoms with van der Waals surface area (Å²) < 4.78 is 0. The van der Waals surface area contributed by atoms with Gasteiger partial charge in [-0.15, -0.1) is 0 Å². The Hall–Kier alpha value is -1.95. The van der Waals surface area contributed by atoms with Gasteiger partial charge in [0, 0.05) is 5.69 Å². The molecule has 0 bridgehead atoms. The number of carbonyl (C=O) groups excluding carboxylic acids is 1. The van der Waals surface area contributed by atoms with Crippen LogP contribution < -0.4 is 16.5 Å². The van der Waals surface area contributed by atoms with E-state index in [4.69, 9.17) is 5.73 Å². The molecule has 0 radical (unpaired) electrons. The van der Waals surface area contributed by atoms with Crippen molar-refractivity contribution in [1.82, 2.24) is 5.43 Å². The van der Waals surface area contributed by atoms with Crippen molar-refractivity contribution in [2.45, 2.75) is 0 Å². The third-order valence-corrected chi connectivity index (χ3v) is 1.49. The monoisotopic (exact) mass is 222 g/mol. The van der Waals surface area contributed by atoms with Crippen LogP contribution in [0.5, 0.6) is 0 Å². The zero-order valence-electron chi connectivity index (χ0n) is 7.81. The highest BCUT2D eigenvalue weighted by molar-refractivity contribution is 7.80. The molecule has 1 aromatic rings. The Morgan fingerprint density at radius 3 is 2.67 bits per heavy atom. The van der Waals surface area contributed by atoms with Gasteiger partial charge in [0.25, 0.3) is 5.91 Å². The van der Waals surface area contributed by atoms with E-state index in [9.17, 15) is 4.79 Å². The summed E-state index contributed by atoms with van der Waals surface area (Å²) in [7, 11) is 0. The van der Waals surface area contributed by atoms with E-state index < -0.39 is 0 Å². The first kappa shape index (κ1) is 11.1. The van der Waals surface area contributed by atoms with Crippen molar-refractivity contribution < 1.29 is 4.79 Å². The second kappa shape index (κ2) is 5.71.